The first-order chi connectivity index (χ1) is 35.0. The van der Waals surface area contributed by atoms with Crippen LogP contribution in [0.15, 0.2) is 60.4 Å². The van der Waals surface area contributed by atoms with Crippen molar-refractivity contribution in [1.82, 2.24) is 57.2 Å². The van der Waals surface area contributed by atoms with Crippen molar-refractivity contribution in [3.8, 4) is 0 Å². The molecule has 30 nitrogen and oxygen atoms in total. The number of carbonyl (C=O) groups is 11. The van der Waals surface area contributed by atoms with Gasteiger partial charge in [-0.2, -0.15) is 0 Å². The number of guanidine groups is 1. The molecule has 3 aromatic rings. The van der Waals surface area contributed by atoms with Crippen molar-refractivity contribution in [2.45, 2.75) is 119 Å². The van der Waals surface area contributed by atoms with Crippen LogP contribution in [0.3, 0.4) is 0 Å². The average Bonchev–Trinajstić information content (AvgIpc) is 4.06. The van der Waals surface area contributed by atoms with E-state index in [1.807, 2.05) is 0 Å². The van der Waals surface area contributed by atoms with Crippen LogP contribution in [-0.4, -0.2) is 166 Å². The van der Waals surface area contributed by atoms with Crippen molar-refractivity contribution >= 4 is 71.2 Å². The Labute approximate surface area is 421 Å². The molecule has 0 aliphatic carbocycles. The number of aliphatic imine (C=N–C) groups is 1. The number of carboxylic acid groups (broad SMARTS) is 4. The molecule has 0 saturated carbocycles. The molecule has 8 atom stereocenters. The van der Waals surface area contributed by atoms with Gasteiger partial charge in [0.15, 0.2) is 5.96 Å². The lowest BCUT2D eigenvalue weighted by Gasteiger charge is -2.28. The van der Waals surface area contributed by atoms with Gasteiger partial charge in [0.25, 0.3) is 0 Å². The van der Waals surface area contributed by atoms with E-state index in [1.165, 1.54) is 32.0 Å². The molecule has 0 bridgehead atoms. The quantitative estimate of drug-likeness (QED) is 0.0155. The summed E-state index contributed by atoms with van der Waals surface area (Å²) in [5.74, 6) is -13.6. The lowest BCUT2D eigenvalue weighted by molar-refractivity contribution is -0.142. The maximum absolute atomic E-state index is 14.3. The second-order valence-electron chi connectivity index (χ2n) is 16.7. The fraction of sp³-hybridized carbons (Fsp3) is 0.455. The Morgan fingerprint density at radius 1 is 0.554 bits per heavy atom. The Kier molecular flexibility index (Phi) is 24.1. The monoisotopic (exact) mass is 1040 g/mol. The minimum atomic E-state index is -1.85. The number of nitrogens with one attached hydrogen (secondary N) is 9. The van der Waals surface area contributed by atoms with Crippen LogP contribution < -0.4 is 54.4 Å². The molecule has 7 amide bonds. The summed E-state index contributed by atoms with van der Waals surface area (Å²) in [7, 11) is 0. The molecule has 402 valence electrons. The molecule has 0 radical (unpaired) electrons. The number of rotatable bonds is 33. The van der Waals surface area contributed by atoms with Crippen LogP contribution in [-0.2, 0) is 72.0 Å². The Morgan fingerprint density at radius 3 is 1.45 bits per heavy atom. The summed E-state index contributed by atoms with van der Waals surface area (Å²) >= 11 is 0. The first-order valence-electron chi connectivity index (χ1n) is 22.8. The molecule has 30 heteroatoms. The highest BCUT2D eigenvalue weighted by Gasteiger charge is 2.35. The molecule has 2 heterocycles. The SMILES string of the molecule is CC(NC(=O)C(Cc1cnc[nH]1)NC(=O)C(CCCN=C(N)N)NC(=O)C(CCC(=O)O)NC(=O)C(Cc1ccccc1)NC(=O)C(CCC(=O)O)NC(=O)C(CC(=O)O)NC(=O)C(N)Cc1cnc[nH]1)C(=O)O. The van der Waals surface area contributed by atoms with Crippen LogP contribution in [0.25, 0.3) is 0 Å². The first kappa shape index (κ1) is 59.3. The molecule has 2 aromatic heterocycles. The number of aliphatic carboxylic acids is 4. The van der Waals surface area contributed by atoms with E-state index in [0.717, 1.165) is 0 Å². The third-order valence-corrected chi connectivity index (χ3v) is 10.7. The molecule has 8 unspecified atom stereocenters. The third kappa shape index (κ3) is 21.6. The van der Waals surface area contributed by atoms with E-state index in [0.29, 0.717) is 17.0 Å². The van der Waals surface area contributed by atoms with E-state index in [1.54, 1.807) is 30.3 Å². The van der Waals surface area contributed by atoms with Gasteiger partial charge < -0.3 is 84.8 Å². The van der Waals surface area contributed by atoms with Crippen LogP contribution in [0.4, 0.5) is 0 Å². The highest BCUT2D eigenvalue weighted by atomic mass is 16.4. The number of aromatic amines is 2. The van der Waals surface area contributed by atoms with Gasteiger partial charge in [0.05, 0.1) is 25.1 Å². The molecule has 0 saturated heterocycles. The largest absolute Gasteiger partial charge is 0.481 e. The van der Waals surface area contributed by atoms with Gasteiger partial charge in [-0.05, 0) is 38.2 Å². The number of benzene rings is 1. The number of nitrogens with zero attached hydrogens (tertiary/aromatic N) is 3. The second kappa shape index (κ2) is 30.0. The zero-order chi connectivity index (χ0) is 54.9. The van der Waals surface area contributed by atoms with Crippen molar-refractivity contribution in [2.24, 2.45) is 22.2 Å². The minimum Gasteiger partial charge on any atom is -0.481 e. The number of nitrogens with two attached hydrogens (primary N) is 3. The Bertz CT molecular complexity index is 2430. The predicted octanol–water partition coefficient (Wildman–Crippen LogP) is -4.76. The van der Waals surface area contributed by atoms with Crippen molar-refractivity contribution in [3.63, 3.8) is 0 Å². The van der Waals surface area contributed by atoms with Crippen molar-refractivity contribution in [2.75, 3.05) is 6.54 Å². The van der Waals surface area contributed by atoms with Crippen molar-refractivity contribution in [1.29, 1.82) is 0 Å². The highest BCUT2D eigenvalue weighted by molar-refractivity contribution is 5.98. The molecule has 0 aliphatic rings. The maximum atomic E-state index is 14.3. The van der Waals surface area contributed by atoms with E-state index in [9.17, 15) is 73.2 Å². The smallest absolute Gasteiger partial charge is 0.325 e. The number of carbonyl (C=O) groups excluding carboxylic acids is 7. The summed E-state index contributed by atoms with van der Waals surface area (Å²) in [6.07, 6.45) is 0.811. The van der Waals surface area contributed by atoms with Crippen LogP contribution >= 0.6 is 0 Å². The zero-order valence-corrected chi connectivity index (χ0v) is 39.9. The van der Waals surface area contributed by atoms with E-state index in [2.05, 4.69) is 62.1 Å². The normalized spacial score (nSPS) is 14.1. The summed E-state index contributed by atoms with van der Waals surface area (Å²) in [4.78, 5) is 160. The van der Waals surface area contributed by atoms with Gasteiger partial charge in [-0.25, -0.2) is 9.97 Å². The van der Waals surface area contributed by atoms with Gasteiger partial charge in [0.1, 0.15) is 42.3 Å². The number of imidazole rings is 2. The Balaban J connectivity index is 1.95. The standard InChI is InChI=1S/C44H61N15O15/c1-22(43(73)74)53-40(70)31(16-25-19-49-21-52-25)59-37(67)27(8-5-13-50-44(46)47)54-38(68)28(9-11-33(60)61)55-41(71)30(14-23-6-3-2-4-7-23)58-39(69)29(10-12-34(62)63)56-42(72)32(17-35(64)65)57-36(66)26(45)15-24-18-48-20-51-24/h2-4,6-7,18-22,26-32H,5,8-17,45H2,1H3,(H,48,51)(H,49,52)(H,53,70)(H,54,68)(H,55,71)(H,56,72)(H,57,66)(H,58,69)(H,59,67)(H,60,61)(H,62,63)(H,64,65)(H,73,74)(H4,46,47,50). The molecule has 1 aromatic carbocycles. The number of amides is 7. The van der Waals surface area contributed by atoms with Gasteiger partial charge in [-0.1, -0.05) is 30.3 Å². The molecule has 0 spiro atoms. The summed E-state index contributed by atoms with van der Waals surface area (Å²) in [5, 5.41) is 54.6. The minimum absolute atomic E-state index is 0.0313. The average molecular weight is 1040 g/mol. The second-order valence-corrected chi connectivity index (χ2v) is 16.7. The summed E-state index contributed by atoms with van der Waals surface area (Å²) in [6.45, 7) is 1.13. The highest BCUT2D eigenvalue weighted by Crippen LogP contribution is 2.11. The number of carboxylic acids is 4. The van der Waals surface area contributed by atoms with Crippen molar-refractivity contribution in [3.05, 3.63) is 72.3 Å². The number of H-pyrrole nitrogens is 2. The van der Waals surface area contributed by atoms with Crippen LogP contribution in [0.5, 0.6) is 0 Å². The molecule has 19 N–H and O–H groups in total. The maximum Gasteiger partial charge on any atom is 0.325 e. The zero-order valence-electron chi connectivity index (χ0n) is 39.9. The van der Waals surface area contributed by atoms with E-state index >= 15 is 0 Å². The number of aromatic nitrogens is 4. The summed E-state index contributed by atoms with van der Waals surface area (Å²) in [5.41, 5.74) is 18.1. The summed E-state index contributed by atoms with van der Waals surface area (Å²) < 4.78 is 0. The molecular weight excluding hydrogens is 979 g/mol. The number of hydrogen-bond acceptors (Lipinski definition) is 15. The third-order valence-electron chi connectivity index (χ3n) is 10.7. The fourth-order valence-electron chi connectivity index (χ4n) is 6.86. The van der Waals surface area contributed by atoms with Gasteiger partial charge in [-0.3, -0.25) is 57.7 Å². The molecule has 74 heavy (non-hydrogen) atoms. The predicted molar refractivity (Wildman–Crippen MR) is 255 cm³/mol. The molecule has 3 rings (SSSR count). The lowest BCUT2D eigenvalue weighted by Crippen LogP contribution is -2.60. The van der Waals surface area contributed by atoms with E-state index in [-0.39, 0.29) is 44.6 Å². The molecular formula is C44H61N15O15. The topological polar surface area (TPSA) is 501 Å². The number of hydrogen-bond donors (Lipinski definition) is 16. The lowest BCUT2D eigenvalue weighted by atomic mass is 10.0. The van der Waals surface area contributed by atoms with Crippen LogP contribution in [0, 0.1) is 0 Å². The van der Waals surface area contributed by atoms with Gasteiger partial charge >= 0.3 is 23.9 Å². The van der Waals surface area contributed by atoms with Gasteiger partial charge in [0.2, 0.25) is 41.4 Å². The summed E-state index contributed by atoms with van der Waals surface area (Å²) in [6, 6.07) is -4.80. The molecule has 0 aliphatic heterocycles. The van der Waals surface area contributed by atoms with Crippen LogP contribution in [0.2, 0.25) is 0 Å². The van der Waals surface area contributed by atoms with E-state index in [4.69, 9.17) is 17.2 Å². The molecule has 0 fully saturated rings. The Morgan fingerprint density at radius 2 is 0.986 bits per heavy atom. The van der Waals surface area contributed by atoms with Crippen LogP contribution in [0.1, 0.15) is 68.8 Å². The van der Waals surface area contributed by atoms with Gasteiger partial charge in [0, 0.05) is 62.4 Å². The van der Waals surface area contributed by atoms with E-state index < -0.39 is 146 Å². The fourth-order valence-corrected chi connectivity index (χ4v) is 6.86. The Hall–Kier alpha value is -8.96. The first-order valence-corrected chi connectivity index (χ1v) is 22.8. The van der Waals surface area contributed by atoms with Gasteiger partial charge in [-0.15, -0.1) is 0 Å². The van der Waals surface area contributed by atoms with Crippen molar-refractivity contribution < 1.29 is 73.2 Å².